The van der Waals surface area contributed by atoms with Crippen molar-refractivity contribution in [1.29, 1.82) is 0 Å². The molecule has 1 unspecified atom stereocenters. The molecule has 0 spiro atoms. The summed E-state index contributed by atoms with van der Waals surface area (Å²) in [4.78, 5) is 24.6. The number of nitrogens with one attached hydrogen (secondary N) is 1. The third-order valence-electron chi connectivity index (χ3n) is 3.76. The van der Waals surface area contributed by atoms with Crippen LogP contribution < -0.4 is 5.32 Å². The molecular weight excluding hydrogens is 236 g/mol. The average Bonchev–Trinajstić information content (AvgIpc) is 2.76. The summed E-state index contributed by atoms with van der Waals surface area (Å²) in [5, 5.41) is 11.9. The molecule has 2 saturated heterocycles. The molecule has 6 heteroatoms. The zero-order chi connectivity index (χ0) is 13.2. The zero-order valence-electron chi connectivity index (χ0n) is 10.6. The number of carbonyl (C=O) groups excluding carboxylic acids is 1. The molecule has 0 aromatic heterocycles. The maximum absolute atomic E-state index is 12.0. The highest BCUT2D eigenvalue weighted by molar-refractivity contribution is 5.76. The van der Waals surface area contributed by atoms with Crippen LogP contribution in [0.3, 0.4) is 0 Å². The molecule has 0 radical (unpaired) electrons. The first-order valence-corrected chi connectivity index (χ1v) is 6.38. The van der Waals surface area contributed by atoms with Gasteiger partial charge >= 0.3 is 12.0 Å². The Balaban J connectivity index is 1.82. The van der Waals surface area contributed by atoms with E-state index in [0.717, 1.165) is 6.42 Å². The summed E-state index contributed by atoms with van der Waals surface area (Å²) in [7, 11) is 0. The van der Waals surface area contributed by atoms with Gasteiger partial charge in [0.05, 0.1) is 18.1 Å². The van der Waals surface area contributed by atoms with E-state index in [4.69, 9.17) is 9.84 Å². The first-order chi connectivity index (χ1) is 8.50. The minimum atomic E-state index is -0.758. The van der Waals surface area contributed by atoms with Crippen molar-refractivity contribution in [3.05, 3.63) is 0 Å². The summed E-state index contributed by atoms with van der Waals surface area (Å²) in [6, 6.07) is -0.105. The van der Waals surface area contributed by atoms with Crippen molar-refractivity contribution in [2.45, 2.75) is 31.7 Å². The molecule has 2 aliphatic rings. The van der Waals surface area contributed by atoms with Gasteiger partial charge in [-0.2, -0.15) is 0 Å². The Bertz CT molecular complexity index is 331. The highest BCUT2D eigenvalue weighted by Gasteiger charge is 2.34. The largest absolute Gasteiger partial charge is 0.481 e. The van der Waals surface area contributed by atoms with Gasteiger partial charge in [0.1, 0.15) is 0 Å². The highest BCUT2D eigenvalue weighted by Crippen LogP contribution is 2.20. The predicted octanol–water partition coefficient (Wildman–Crippen LogP) is 0.672. The Labute approximate surface area is 106 Å². The van der Waals surface area contributed by atoms with E-state index < -0.39 is 5.97 Å². The number of nitrogens with zero attached hydrogens (tertiary/aromatic N) is 1. The number of hydrogen-bond acceptors (Lipinski definition) is 3. The van der Waals surface area contributed by atoms with E-state index in [9.17, 15) is 9.59 Å². The fourth-order valence-electron chi connectivity index (χ4n) is 2.43. The van der Waals surface area contributed by atoms with Crippen LogP contribution in [0.15, 0.2) is 0 Å². The number of carboxylic acid groups (broad SMARTS) is 1. The molecule has 0 aromatic carbocycles. The Kier molecular flexibility index (Phi) is 3.75. The Morgan fingerprint density at radius 1 is 1.39 bits per heavy atom. The summed E-state index contributed by atoms with van der Waals surface area (Å²) < 4.78 is 5.29. The van der Waals surface area contributed by atoms with Gasteiger partial charge < -0.3 is 20.1 Å². The lowest BCUT2D eigenvalue weighted by Gasteiger charge is -2.33. The van der Waals surface area contributed by atoms with Gasteiger partial charge in [0.15, 0.2) is 0 Å². The number of rotatable bonds is 2. The third kappa shape index (κ3) is 2.93. The molecule has 2 rings (SSSR count). The second-order valence-corrected chi connectivity index (χ2v) is 5.39. The van der Waals surface area contributed by atoms with Crippen molar-refractivity contribution < 1.29 is 19.4 Å². The van der Waals surface area contributed by atoms with Gasteiger partial charge in [-0.25, -0.2) is 4.79 Å². The maximum atomic E-state index is 12.0. The maximum Gasteiger partial charge on any atom is 0.317 e. The minimum Gasteiger partial charge on any atom is -0.481 e. The number of piperidine rings is 1. The minimum absolute atomic E-state index is 0.105. The summed E-state index contributed by atoms with van der Waals surface area (Å²) in [6.07, 6.45) is 1.90. The van der Waals surface area contributed by atoms with E-state index in [1.165, 1.54) is 0 Å². The molecule has 102 valence electrons. The van der Waals surface area contributed by atoms with E-state index in [1.54, 1.807) is 4.90 Å². The molecule has 2 amide bonds. The highest BCUT2D eigenvalue weighted by atomic mass is 16.5. The molecule has 0 saturated carbocycles. The summed E-state index contributed by atoms with van der Waals surface area (Å²) in [5.41, 5.74) is -0.277. The molecule has 1 atom stereocenters. The van der Waals surface area contributed by atoms with Crippen LogP contribution in [-0.4, -0.2) is 53.8 Å². The van der Waals surface area contributed by atoms with E-state index in [0.29, 0.717) is 39.1 Å². The topological polar surface area (TPSA) is 78.9 Å². The number of ether oxygens (including phenoxy) is 1. The van der Waals surface area contributed by atoms with Gasteiger partial charge in [-0.05, 0) is 26.2 Å². The van der Waals surface area contributed by atoms with Gasteiger partial charge in [-0.3, -0.25) is 4.79 Å². The van der Waals surface area contributed by atoms with Crippen LogP contribution in [0.5, 0.6) is 0 Å². The summed E-state index contributed by atoms with van der Waals surface area (Å²) >= 11 is 0. The van der Waals surface area contributed by atoms with Gasteiger partial charge in [0, 0.05) is 19.7 Å². The van der Waals surface area contributed by atoms with Crippen LogP contribution in [0.4, 0.5) is 4.79 Å². The molecule has 2 N–H and O–H groups in total. The molecule has 0 bridgehead atoms. The fourth-order valence-corrected chi connectivity index (χ4v) is 2.43. The molecule has 6 nitrogen and oxygen atoms in total. The van der Waals surface area contributed by atoms with Gasteiger partial charge in [0.2, 0.25) is 0 Å². The lowest BCUT2D eigenvalue weighted by atomic mass is 9.97. The quantitative estimate of drug-likeness (QED) is 0.761. The average molecular weight is 256 g/mol. The van der Waals surface area contributed by atoms with Crippen LogP contribution in [0.2, 0.25) is 0 Å². The third-order valence-corrected chi connectivity index (χ3v) is 3.76. The molecule has 2 fully saturated rings. The van der Waals surface area contributed by atoms with E-state index >= 15 is 0 Å². The zero-order valence-corrected chi connectivity index (χ0v) is 10.6. The van der Waals surface area contributed by atoms with Crippen molar-refractivity contribution in [2.75, 3.05) is 26.3 Å². The van der Waals surface area contributed by atoms with Crippen LogP contribution in [0.25, 0.3) is 0 Å². The molecule has 18 heavy (non-hydrogen) atoms. The summed E-state index contributed by atoms with van der Waals surface area (Å²) in [6.45, 7) is 4.23. The van der Waals surface area contributed by atoms with E-state index in [2.05, 4.69) is 5.32 Å². The smallest absolute Gasteiger partial charge is 0.317 e. The Morgan fingerprint density at radius 3 is 2.56 bits per heavy atom. The monoisotopic (exact) mass is 256 g/mol. The number of likely N-dealkylation sites (tertiary alicyclic amines) is 1. The normalized spacial score (nSPS) is 29.3. The van der Waals surface area contributed by atoms with Crippen LogP contribution in [0.1, 0.15) is 26.2 Å². The first-order valence-electron chi connectivity index (χ1n) is 6.38. The molecule has 2 heterocycles. The number of amides is 2. The van der Waals surface area contributed by atoms with Crippen molar-refractivity contribution in [2.24, 2.45) is 5.92 Å². The molecule has 0 aromatic rings. The first kappa shape index (κ1) is 13.1. The fraction of sp³-hybridized carbons (Fsp3) is 0.833. The molecule has 0 aliphatic carbocycles. The lowest BCUT2D eigenvalue weighted by Crippen LogP contribution is -2.54. The lowest BCUT2D eigenvalue weighted by molar-refractivity contribution is -0.143. The van der Waals surface area contributed by atoms with Crippen molar-refractivity contribution in [3.8, 4) is 0 Å². The number of urea groups is 1. The van der Waals surface area contributed by atoms with Crippen LogP contribution in [-0.2, 0) is 9.53 Å². The summed E-state index contributed by atoms with van der Waals surface area (Å²) in [5.74, 6) is -1.06. The molecular formula is C12H20N2O4. The number of hydrogen-bond donors (Lipinski definition) is 2. The van der Waals surface area contributed by atoms with Gasteiger partial charge in [0.25, 0.3) is 0 Å². The van der Waals surface area contributed by atoms with Crippen molar-refractivity contribution >= 4 is 12.0 Å². The van der Waals surface area contributed by atoms with Gasteiger partial charge in [-0.15, -0.1) is 0 Å². The number of carbonyl (C=O) groups is 2. The van der Waals surface area contributed by atoms with Gasteiger partial charge in [-0.1, -0.05) is 0 Å². The molecule has 2 aliphatic heterocycles. The van der Waals surface area contributed by atoms with Crippen molar-refractivity contribution in [3.63, 3.8) is 0 Å². The predicted molar refractivity (Wildman–Crippen MR) is 64.3 cm³/mol. The van der Waals surface area contributed by atoms with Crippen LogP contribution in [0, 0.1) is 5.92 Å². The SMILES string of the molecule is CC1(NC(=O)N2CCC(C(=O)O)CC2)CCOC1. The van der Waals surface area contributed by atoms with Crippen molar-refractivity contribution in [1.82, 2.24) is 10.2 Å². The number of carboxylic acids is 1. The number of aliphatic carboxylic acids is 1. The van der Waals surface area contributed by atoms with Crippen LogP contribution >= 0.6 is 0 Å². The Morgan fingerprint density at radius 2 is 2.06 bits per heavy atom. The van der Waals surface area contributed by atoms with E-state index in [1.807, 2.05) is 6.92 Å². The Hall–Kier alpha value is -1.30. The second-order valence-electron chi connectivity index (χ2n) is 5.39. The van der Waals surface area contributed by atoms with E-state index in [-0.39, 0.29) is 17.5 Å². The second kappa shape index (κ2) is 5.14. The standard InChI is InChI=1S/C12H20N2O4/c1-12(4-7-18-8-12)13-11(17)14-5-2-9(3-6-14)10(15)16/h9H,2-8H2,1H3,(H,13,17)(H,15,16).